The molecule has 1 aromatic heterocycles. The first-order valence-electron chi connectivity index (χ1n) is 7.53. The molecule has 3 rings (SSSR count). The van der Waals surface area contributed by atoms with Crippen LogP contribution in [0.5, 0.6) is 0 Å². The monoisotopic (exact) mass is 389 g/mol. The van der Waals surface area contributed by atoms with E-state index >= 15 is 0 Å². The molecule has 0 aliphatic heterocycles. The Labute approximate surface area is 159 Å². The van der Waals surface area contributed by atoms with Crippen molar-refractivity contribution in [3.8, 4) is 11.3 Å². The van der Waals surface area contributed by atoms with E-state index < -0.39 is 4.92 Å². The van der Waals surface area contributed by atoms with E-state index in [1.807, 2.05) is 19.1 Å². The molecule has 0 atom stereocenters. The number of hydrogen-bond donors (Lipinski definition) is 1. The summed E-state index contributed by atoms with van der Waals surface area (Å²) in [7, 11) is 0. The molecule has 0 unspecified atom stereocenters. The van der Waals surface area contributed by atoms with Gasteiger partial charge in [-0.15, -0.1) is 0 Å². The van der Waals surface area contributed by atoms with Crippen molar-refractivity contribution in [2.24, 2.45) is 5.10 Å². The molecule has 3 aromatic rings. The van der Waals surface area contributed by atoms with Crippen LogP contribution >= 0.6 is 23.2 Å². The summed E-state index contributed by atoms with van der Waals surface area (Å²) in [5.41, 5.74) is 4.96. The first kappa shape index (κ1) is 18.0. The van der Waals surface area contributed by atoms with Gasteiger partial charge in [0.05, 0.1) is 21.8 Å². The number of nitro benzene ring substituents is 1. The number of nitrogens with zero attached hydrogens (tertiary/aromatic N) is 2. The summed E-state index contributed by atoms with van der Waals surface area (Å²) in [5, 5.41) is 16.0. The third kappa shape index (κ3) is 4.04. The van der Waals surface area contributed by atoms with E-state index in [1.54, 1.807) is 18.2 Å². The van der Waals surface area contributed by atoms with Crippen LogP contribution in [0, 0.1) is 17.0 Å². The van der Waals surface area contributed by atoms with Crippen LogP contribution in [-0.2, 0) is 0 Å². The second-order valence-electron chi connectivity index (χ2n) is 5.46. The Balaban J connectivity index is 1.76. The van der Waals surface area contributed by atoms with Gasteiger partial charge in [-0.1, -0.05) is 29.3 Å². The minimum absolute atomic E-state index is 0.0612. The third-order valence-corrected chi connectivity index (χ3v) is 4.35. The zero-order valence-corrected chi connectivity index (χ0v) is 15.1. The van der Waals surface area contributed by atoms with Crippen LogP contribution in [-0.4, -0.2) is 11.1 Å². The topological polar surface area (TPSA) is 80.7 Å². The molecule has 0 fully saturated rings. The van der Waals surface area contributed by atoms with Gasteiger partial charge in [-0.3, -0.25) is 15.5 Å². The van der Waals surface area contributed by atoms with Gasteiger partial charge in [0.1, 0.15) is 11.5 Å². The van der Waals surface area contributed by atoms with Gasteiger partial charge in [0.25, 0.3) is 5.69 Å². The largest absolute Gasteiger partial charge is 0.455 e. The molecule has 0 aliphatic rings. The second-order valence-corrected chi connectivity index (χ2v) is 6.27. The number of nitro groups is 1. The van der Waals surface area contributed by atoms with Crippen LogP contribution < -0.4 is 5.43 Å². The fraction of sp³-hybridized carbons (Fsp3) is 0.0556. The van der Waals surface area contributed by atoms with Gasteiger partial charge >= 0.3 is 0 Å². The number of hydrogen-bond acceptors (Lipinski definition) is 5. The second kappa shape index (κ2) is 7.59. The first-order valence-corrected chi connectivity index (χ1v) is 8.29. The predicted molar refractivity (Wildman–Crippen MR) is 103 cm³/mol. The van der Waals surface area contributed by atoms with Crippen LogP contribution in [0.15, 0.2) is 58.0 Å². The Kier molecular flexibility index (Phi) is 5.25. The number of rotatable bonds is 5. The van der Waals surface area contributed by atoms with E-state index in [2.05, 4.69) is 10.5 Å². The average molecular weight is 390 g/mol. The Morgan fingerprint density at radius 3 is 2.65 bits per heavy atom. The molecule has 0 saturated carbocycles. The van der Waals surface area contributed by atoms with Gasteiger partial charge < -0.3 is 4.42 Å². The van der Waals surface area contributed by atoms with Crippen molar-refractivity contribution in [1.29, 1.82) is 0 Å². The highest BCUT2D eigenvalue weighted by atomic mass is 35.5. The molecule has 0 radical (unpaired) electrons. The van der Waals surface area contributed by atoms with Gasteiger partial charge in [0, 0.05) is 22.7 Å². The highest BCUT2D eigenvalue weighted by Gasteiger charge is 2.14. The zero-order valence-electron chi connectivity index (χ0n) is 13.6. The van der Waals surface area contributed by atoms with Crippen molar-refractivity contribution in [1.82, 2.24) is 0 Å². The van der Waals surface area contributed by atoms with Gasteiger partial charge in [-0.05, 0) is 42.8 Å². The fourth-order valence-electron chi connectivity index (χ4n) is 2.22. The van der Waals surface area contributed by atoms with E-state index in [4.69, 9.17) is 27.6 Å². The quantitative estimate of drug-likeness (QED) is 0.333. The van der Waals surface area contributed by atoms with Crippen molar-refractivity contribution in [2.45, 2.75) is 6.92 Å². The number of hydrazone groups is 1. The van der Waals surface area contributed by atoms with Crippen molar-refractivity contribution in [2.75, 3.05) is 5.43 Å². The minimum atomic E-state index is -0.484. The summed E-state index contributed by atoms with van der Waals surface area (Å²) in [5.74, 6) is 0.881. The van der Waals surface area contributed by atoms with Crippen molar-refractivity contribution in [3.63, 3.8) is 0 Å². The van der Waals surface area contributed by atoms with Crippen LogP contribution in [0.2, 0.25) is 10.0 Å². The molecule has 132 valence electrons. The van der Waals surface area contributed by atoms with E-state index in [0.717, 1.165) is 11.3 Å². The van der Waals surface area contributed by atoms with Crippen molar-refractivity contribution >= 4 is 40.8 Å². The summed E-state index contributed by atoms with van der Waals surface area (Å²) in [6.07, 6.45) is 1.49. The highest BCUT2D eigenvalue weighted by Crippen LogP contribution is 2.32. The maximum Gasteiger partial charge on any atom is 0.270 e. The molecule has 2 aromatic carbocycles. The summed E-state index contributed by atoms with van der Waals surface area (Å²) in [6.45, 7) is 1.92. The molecule has 26 heavy (non-hydrogen) atoms. The minimum Gasteiger partial charge on any atom is -0.455 e. The van der Waals surface area contributed by atoms with Crippen LogP contribution in [0.3, 0.4) is 0 Å². The number of anilines is 1. The number of nitrogens with one attached hydrogen (secondary N) is 1. The Hall–Kier alpha value is -2.83. The molecular weight excluding hydrogens is 377 g/mol. The summed E-state index contributed by atoms with van der Waals surface area (Å²) in [6, 6.07) is 13.1. The highest BCUT2D eigenvalue weighted by molar-refractivity contribution is 6.33. The van der Waals surface area contributed by atoms with Crippen LogP contribution in [0.4, 0.5) is 11.4 Å². The van der Waals surface area contributed by atoms with Crippen LogP contribution in [0.25, 0.3) is 11.3 Å². The molecule has 8 heteroatoms. The molecule has 0 aliphatic carbocycles. The summed E-state index contributed by atoms with van der Waals surface area (Å²) < 4.78 is 5.64. The van der Waals surface area contributed by atoms with E-state index in [1.165, 1.54) is 24.4 Å². The fourth-order valence-corrected chi connectivity index (χ4v) is 2.61. The number of benzene rings is 2. The Morgan fingerprint density at radius 2 is 1.92 bits per heavy atom. The van der Waals surface area contributed by atoms with Crippen molar-refractivity contribution < 1.29 is 9.34 Å². The molecule has 1 heterocycles. The molecule has 0 saturated heterocycles. The van der Waals surface area contributed by atoms with Gasteiger partial charge in [0.2, 0.25) is 0 Å². The smallest absolute Gasteiger partial charge is 0.270 e. The predicted octanol–water partition coefficient (Wildman–Crippen LogP) is 5.92. The number of furan rings is 1. The van der Waals surface area contributed by atoms with E-state index in [-0.39, 0.29) is 5.69 Å². The number of aryl methyl sites for hydroxylation is 1. The van der Waals surface area contributed by atoms with Crippen LogP contribution in [0.1, 0.15) is 11.3 Å². The lowest BCUT2D eigenvalue weighted by atomic mass is 10.1. The van der Waals surface area contributed by atoms with Gasteiger partial charge in [-0.25, -0.2) is 0 Å². The van der Waals surface area contributed by atoms with E-state index in [9.17, 15) is 10.1 Å². The third-order valence-electron chi connectivity index (χ3n) is 3.61. The Morgan fingerprint density at radius 1 is 1.12 bits per heavy atom. The lowest BCUT2D eigenvalue weighted by Gasteiger charge is -2.02. The summed E-state index contributed by atoms with van der Waals surface area (Å²) >= 11 is 12.2. The SMILES string of the molecule is Cc1ccc(NN=Cc2ccc(-c3cc([N+](=O)[O-])ccc3Cl)o2)cc1Cl. The lowest BCUT2D eigenvalue weighted by molar-refractivity contribution is -0.384. The maximum absolute atomic E-state index is 10.9. The Bertz CT molecular complexity index is 999. The van der Waals surface area contributed by atoms with Gasteiger partial charge in [-0.2, -0.15) is 5.10 Å². The molecular formula is C18H13Cl2N3O3. The lowest BCUT2D eigenvalue weighted by Crippen LogP contribution is -1.90. The number of non-ortho nitro benzene ring substituents is 1. The average Bonchev–Trinajstić information content (AvgIpc) is 3.07. The standard InChI is InChI=1S/C18H13Cl2N3O3/c1-11-2-3-12(8-17(11)20)22-21-10-14-5-7-18(26-14)15-9-13(23(24)25)4-6-16(15)19/h2-10,22H,1H3. The zero-order chi connectivity index (χ0) is 18.7. The molecule has 1 N–H and O–H groups in total. The van der Waals surface area contributed by atoms with Crippen molar-refractivity contribution in [3.05, 3.63) is 80.0 Å². The first-order chi connectivity index (χ1) is 12.4. The molecule has 0 bridgehead atoms. The molecule has 6 nitrogen and oxygen atoms in total. The number of halogens is 2. The van der Waals surface area contributed by atoms with Gasteiger partial charge in [0.15, 0.2) is 0 Å². The normalized spacial score (nSPS) is 11.0. The van der Waals surface area contributed by atoms with E-state index in [0.29, 0.717) is 27.1 Å². The molecule has 0 spiro atoms. The molecule has 0 amide bonds. The maximum atomic E-state index is 10.9. The summed E-state index contributed by atoms with van der Waals surface area (Å²) in [4.78, 5) is 10.4.